The fourth-order valence-electron chi connectivity index (χ4n) is 0.0373. The average Bonchev–Trinajstić information content (AvgIpc) is 1.65. The number of hydrogen-bond acceptors (Lipinski definition) is 2. The molecule has 6 heavy (non-hydrogen) atoms. The molecule has 2 heteroatoms. The summed E-state index contributed by atoms with van der Waals surface area (Å²) in [7, 11) is 0. The van der Waals surface area contributed by atoms with Gasteiger partial charge in [0.15, 0.2) is 0 Å². The summed E-state index contributed by atoms with van der Waals surface area (Å²) in [6.07, 6.45) is 1.48. The normalized spacial score (nSPS) is 6.83. The van der Waals surface area contributed by atoms with Gasteiger partial charge in [-0.3, -0.25) is 0 Å². The Bertz CT molecular complexity index is 67.9. The highest BCUT2D eigenvalue weighted by molar-refractivity contribution is 7.75. The first-order valence-electron chi connectivity index (χ1n) is 1.44. The van der Waals surface area contributed by atoms with Gasteiger partial charge in [0.25, 0.3) is 0 Å². The van der Waals surface area contributed by atoms with Gasteiger partial charge in [-0.05, 0) is 6.08 Å². The molecular formula is C4H6OS. The van der Waals surface area contributed by atoms with E-state index in [9.17, 15) is 0 Å². The Labute approximate surface area is 42.9 Å². The van der Waals surface area contributed by atoms with Crippen molar-refractivity contribution in [3.63, 3.8) is 0 Å². The third kappa shape index (κ3) is 1.91. The minimum atomic E-state index is 0.471. The first-order chi connectivity index (χ1) is 2.81. The summed E-state index contributed by atoms with van der Waals surface area (Å²) in [5, 5.41) is 0. The van der Waals surface area contributed by atoms with Gasteiger partial charge in [-0.1, -0.05) is 13.2 Å². The predicted molar refractivity (Wildman–Crippen MR) is 29.4 cm³/mol. The molecule has 0 saturated heterocycles. The maximum Gasteiger partial charge on any atom is 0.129 e. The lowest BCUT2D eigenvalue weighted by Gasteiger charge is -1.87. The maximum absolute atomic E-state index is 4.28. The first-order valence-corrected chi connectivity index (χ1v) is 1.80. The van der Waals surface area contributed by atoms with Crippen LogP contribution >= 0.6 is 12.9 Å². The molecule has 1 nitrogen and oxygen atoms in total. The van der Waals surface area contributed by atoms with Gasteiger partial charge in [0, 0.05) is 12.9 Å². The molecule has 0 fully saturated rings. The van der Waals surface area contributed by atoms with Crippen molar-refractivity contribution in [3.05, 3.63) is 25.0 Å². The number of rotatable bonds is 2. The van der Waals surface area contributed by atoms with E-state index in [4.69, 9.17) is 0 Å². The van der Waals surface area contributed by atoms with Gasteiger partial charge >= 0.3 is 0 Å². The van der Waals surface area contributed by atoms with Gasteiger partial charge < -0.3 is 4.18 Å². The van der Waals surface area contributed by atoms with Crippen LogP contribution in [0.2, 0.25) is 0 Å². The quantitative estimate of drug-likeness (QED) is 0.241. The van der Waals surface area contributed by atoms with E-state index in [-0.39, 0.29) is 0 Å². The Morgan fingerprint density at radius 3 is 2.33 bits per heavy atom. The summed E-state index contributed by atoms with van der Waals surface area (Å²) < 4.78 is 4.28. The predicted octanol–water partition coefficient (Wildman–Crippen LogP) is 1.55. The molecule has 34 valence electrons. The van der Waals surface area contributed by atoms with Crippen LogP contribution in [-0.4, -0.2) is 0 Å². The van der Waals surface area contributed by atoms with Crippen molar-refractivity contribution in [3.8, 4) is 0 Å². The molecule has 0 spiro atoms. The minimum absolute atomic E-state index is 0.471. The molecule has 0 aromatic heterocycles. The average molecular weight is 102 g/mol. The van der Waals surface area contributed by atoms with Crippen LogP contribution in [0.5, 0.6) is 0 Å². The highest BCUT2D eigenvalue weighted by Gasteiger charge is 1.73. The Hall–Kier alpha value is -0.370. The molecule has 0 rings (SSSR count). The Kier molecular flexibility index (Phi) is 2.67. The zero-order valence-electron chi connectivity index (χ0n) is 3.35. The molecule has 0 aromatic rings. The van der Waals surface area contributed by atoms with Gasteiger partial charge in [-0.25, -0.2) is 0 Å². The standard InChI is InChI=1S/C4H6OS/c1-3-4(2)5-6/h3,6H,1-2H2. The minimum Gasteiger partial charge on any atom is -0.430 e. The molecule has 0 heterocycles. The molecule has 0 aliphatic carbocycles. The topological polar surface area (TPSA) is 9.23 Å². The van der Waals surface area contributed by atoms with E-state index < -0.39 is 0 Å². The molecule has 0 amide bonds. The first kappa shape index (κ1) is 5.63. The second kappa shape index (κ2) is 2.85. The van der Waals surface area contributed by atoms with Crippen LogP contribution in [0.3, 0.4) is 0 Å². The SMILES string of the molecule is C=CC(=C)OS. The van der Waals surface area contributed by atoms with Gasteiger partial charge in [-0.2, -0.15) is 0 Å². The summed E-state index contributed by atoms with van der Waals surface area (Å²) in [6, 6.07) is 0. The van der Waals surface area contributed by atoms with Gasteiger partial charge in [-0.15, -0.1) is 0 Å². The highest BCUT2D eigenvalue weighted by Crippen LogP contribution is 1.93. The van der Waals surface area contributed by atoms with Crippen LogP contribution in [-0.2, 0) is 4.18 Å². The van der Waals surface area contributed by atoms with Gasteiger partial charge in [0.2, 0.25) is 0 Å². The zero-order chi connectivity index (χ0) is 4.99. The van der Waals surface area contributed by atoms with E-state index in [0.717, 1.165) is 0 Å². The molecule has 0 N–H and O–H groups in total. The monoisotopic (exact) mass is 102 g/mol. The molecule has 0 saturated carbocycles. The van der Waals surface area contributed by atoms with Gasteiger partial charge in [0.05, 0.1) is 0 Å². The Balaban J connectivity index is 3.23. The third-order valence-corrected chi connectivity index (χ3v) is 0.579. The van der Waals surface area contributed by atoms with Crippen molar-refractivity contribution in [1.29, 1.82) is 0 Å². The summed E-state index contributed by atoms with van der Waals surface area (Å²) in [4.78, 5) is 0. The summed E-state index contributed by atoms with van der Waals surface area (Å²) in [5.74, 6) is 0.471. The highest BCUT2D eigenvalue weighted by atomic mass is 32.1. The van der Waals surface area contributed by atoms with Crippen LogP contribution < -0.4 is 0 Å². The van der Waals surface area contributed by atoms with Crippen molar-refractivity contribution >= 4 is 12.9 Å². The van der Waals surface area contributed by atoms with Crippen LogP contribution in [0.15, 0.2) is 25.0 Å². The van der Waals surface area contributed by atoms with Crippen molar-refractivity contribution < 1.29 is 4.18 Å². The van der Waals surface area contributed by atoms with E-state index in [2.05, 4.69) is 30.3 Å². The second-order valence-electron chi connectivity index (χ2n) is 0.762. The molecule has 0 bridgehead atoms. The molecule has 0 unspecified atom stereocenters. The summed E-state index contributed by atoms with van der Waals surface area (Å²) >= 11 is 3.42. The molecule has 0 aliphatic heterocycles. The van der Waals surface area contributed by atoms with Crippen LogP contribution in [0.4, 0.5) is 0 Å². The molecule has 0 radical (unpaired) electrons. The van der Waals surface area contributed by atoms with E-state index in [0.29, 0.717) is 5.76 Å². The number of allylic oxidation sites excluding steroid dienone is 1. The molecule has 0 atom stereocenters. The lowest BCUT2D eigenvalue weighted by Crippen LogP contribution is -1.65. The lowest BCUT2D eigenvalue weighted by atomic mass is 10.6. The van der Waals surface area contributed by atoms with Crippen molar-refractivity contribution in [2.24, 2.45) is 0 Å². The molecule has 0 aliphatic rings. The van der Waals surface area contributed by atoms with Crippen LogP contribution in [0, 0.1) is 0 Å². The Morgan fingerprint density at radius 2 is 2.33 bits per heavy atom. The number of hydrogen-bond donors (Lipinski definition) is 1. The lowest BCUT2D eigenvalue weighted by molar-refractivity contribution is 0.536. The fraction of sp³-hybridized carbons (Fsp3) is 0. The van der Waals surface area contributed by atoms with Crippen molar-refractivity contribution in [1.82, 2.24) is 0 Å². The van der Waals surface area contributed by atoms with Crippen molar-refractivity contribution in [2.45, 2.75) is 0 Å². The van der Waals surface area contributed by atoms with E-state index in [1.807, 2.05) is 0 Å². The Morgan fingerprint density at radius 1 is 1.83 bits per heavy atom. The number of thiol groups is 1. The van der Waals surface area contributed by atoms with E-state index >= 15 is 0 Å². The van der Waals surface area contributed by atoms with Crippen LogP contribution in [0.25, 0.3) is 0 Å². The summed E-state index contributed by atoms with van der Waals surface area (Å²) in [6.45, 7) is 6.73. The van der Waals surface area contributed by atoms with Crippen LogP contribution in [0.1, 0.15) is 0 Å². The zero-order valence-corrected chi connectivity index (χ0v) is 4.24. The smallest absolute Gasteiger partial charge is 0.129 e. The fourth-order valence-corrected chi connectivity index (χ4v) is 0.112. The molecular weight excluding hydrogens is 96.1 g/mol. The largest absolute Gasteiger partial charge is 0.430 e. The summed E-state index contributed by atoms with van der Waals surface area (Å²) in [5.41, 5.74) is 0. The third-order valence-electron chi connectivity index (χ3n) is 0.345. The van der Waals surface area contributed by atoms with Crippen molar-refractivity contribution in [2.75, 3.05) is 0 Å². The van der Waals surface area contributed by atoms with E-state index in [1.165, 1.54) is 6.08 Å². The maximum atomic E-state index is 4.28. The van der Waals surface area contributed by atoms with Gasteiger partial charge in [0.1, 0.15) is 5.76 Å². The molecule has 0 aromatic carbocycles. The van der Waals surface area contributed by atoms with E-state index in [1.54, 1.807) is 0 Å². The second-order valence-corrected chi connectivity index (χ2v) is 0.944.